The second-order valence-corrected chi connectivity index (χ2v) is 6.66. The van der Waals surface area contributed by atoms with Crippen LogP contribution in [0.4, 0.5) is 0 Å². The maximum Gasteiger partial charge on any atom is 0.232 e. The van der Waals surface area contributed by atoms with E-state index in [1.54, 1.807) is 11.8 Å². The molecule has 1 aliphatic heterocycles. The van der Waals surface area contributed by atoms with E-state index in [9.17, 15) is 9.59 Å². The smallest absolute Gasteiger partial charge is 0.232 e. The SMILES string of the molecule is CC(=O)N1C[C@@H](C(=O)NCCc2c(C)noc2C)[C@H](c2nc(C)no2)C1. The van der Waals surface area contributed by atoms with E-state index in [2.05, 4.69) is 20.6 Å². The summed E-state index contributed by atoms with van der Waals surface area (Å²) in [6.45, 7) is 8.17. The van der Waals surface area contributed by atoms with E-state index in [0.717, 1.165) is 17.0 Å². The van der Waals surface area contributed by atoms with Gasteiger partial charge in [-0.25, -0.2) is 0 Å². The quantitative estimate of drug-likeness (QED) is 0.841. The van der Waals surface area contributed by atoms with Crippen LogP contribution in [0.3, 0.4) is 0 Å². The lowest BCUT2D eigenvalue weighted by atomic mass is 9.95. The molecule has 2 amide bonds. The van der Waals surface area contributed by atoms with Crippen molar-refractivity contribution in [3.8, 4) is 0 Å². The van der Waals surface area contributed by atoms with Gasteiger partial charge >= 0.3 is 0 Å². The highest BCUT2D eigenvalue weighted by atomic mass is 16.5. The third-order valence-corrected chi connectivity index (χ3v) is 4.82. The Morgan fingerprint density at radius 1 is 1.19 bits per heavy atom. The Morgan fingerprint density at radius 3 is 2.54 bits per heavy atom. The van der Waals surface area contributed by atoms with Crippen molar-refractivity contribution in [1.82, 2.24) is 25.5 Å². The van der Waals surface area contributed by atoms with Gasteiger partial charge in [-0.3, -0.25) is 9.59 Å². The van der Waals surface area contributed by atoms with Gasteiger partial charge in [-0.15, -0.1) is 0 Å². The van der Waals surface area contributed by atoms with Gasteiger partial charge < -0.3 is 19.3 Å². The average molecular weight is 361 g/mol. The van der Waals surface area contributed by atoms with Crippen molar-refractivity contribution in [3.05, 3.63) is 28.7 Å². The van der Waals surface area contributed by atoms with E-state index in [4.69, 9.17) is 9.05 Å². The Morgan fingerprint density at radius 2 is 1.96 bits per heavy atom. The Bertz CT molecular complexity index is 792. The molecular formula is C17H23N5O4. The van der Waals surface area contributed by atoms with Crippen LogP contribution in [0.1, 0.15) is 41.6 Å². The Labute approximate surface area is 151 Å². The number of carbonyl (C=O) groups is 2. The number of nitrogens with zero attached hydrogens (tertiary/aromatic N) is 4. The molecule has 1 fully saturated rings. The van der Waals surface area contributed by atoms with Crippen LogP contribution in [0.15, 0.2) is 9.05 Å². The van der Waals surface area contributed by atoms with E-state index in [1.807, 2.05) is 13.8 Å². The van der Waals surface area contributed by atoms with E-state index in [-0.39, 0.29) is 17.7 Å². The predicted molar refractivity (Wildman–Crippen MR) is 90.2 cm³/mol. The molecule has 1 aliphatic rings. The normalized spacial score (nSPS) is 19.8. The average Bonchev–Trinajstić information content (AvgIpc) is 3.28. The lowest BCUT2D eigenvalue weighted by Gasteiger charge is -2.15. The minimum Gasteiger partial charge on any atom is -0.361 e. The summed E-state index contributed by atoms with van der Waals surface area (Å²) in [5.41, 5.74) is 1.84. The molecule has 9 heteroatoms. The summed E-state index contributed by atoms with van der Waals surface area (Å²) in [4.78, 5) is 30.4. The van der Waals surface area contributed by atoms with Crippen molar-refractivity contribution < 1.29 is 18.6 Å². The molecular weight excluding hydrogens is 338 g/mol. The van der Waals surface area contributed by atoms with Crippen LogP contribution >= 0.6 is 0 Å². The van der Waals surface area contributed by atoms with Gasteiger partial charge in [-0.05, 0) is 27.2 Å². The molecule has 2 aromatic heterocycles. The fraction of sp³-hybridized carbons (Fsp3) is 0.588. The van der Waals surface area contributed by atoms with Gasteiger partial charge in [0, 0.05) is 32.1 Å². The van der Waals surface area contributed by atoms with Gasteiger partial charge in [0.2, 0.25) is 17.7 Å². The summed E-state index contributed by atoms with van der Waals surface area (Å²) >= 11 is 0. The molecule has 2 atom stereocenters. The number of likely N-dealkylation sites (tertiary alicyclic amines) is 1. The second-order valence-electron chi connectivity index (χ2n) is 6.66. The molecule has 0 bridgehead atoms. The summed E-state index contributed by atoms with van der Waals surface area (Å²) in [5.74, 6) is 0.775. The van der Waals surface area contributed by atoms with E-state index >= 15 is 0 Å². The van der Waals surface area contributed by atoms with Crippen molar-refractivity contribution >= 4 is 11.8 Å². The van der Waals surface area contributed by atoms with Crippen molar-refractivity contribution in [2.75, 3.05) is 19.6 Å². The number of carbonyl (C=O) groups excluding carboxylic acids is 2. The molecule has 1 saturated heterocycles. The number of nitrogens with one attached hydrogen (secondary N) is 1. The molecule has 2 aromatic rings. The number of aryl methyl sites for hydroxylation is 3. The monoisotopic (exact) mass is 361 g/mol. The van der Waals surface area contributed by atoms with Crippen LogP contribution < -0.4 is 5.32 Å². The van der Waals surface area contributed by atoms with Crippen molar-refractivity contribution in [1.29, 1.82) is 0 Å². The Balaban J connectivity index is 1.66. The molecule has 0 saturated carbocycles. The zero-order chi connectivity index (χ0) is 18.8. The summed E-state index contributed by atoms with van der Waals surface area (Å²) in [5, 5.41) is 10.7. The van der Waals surface area contributed by atoms with Crippen molar-refractivity contribution in [2.24, 2.45) is 5.92 Å². The zero-order valence-electron chi connectivity index (χ0n) is 15.4. The molecule has 0 spiro atoms. The molecule has 26 heavy (non-hydrogen) atoms. The molecule has 1 N–H and O–H groups in total. The molecule has 3 heterocycles. The lowest BCUT2D eigenvalue weighted by Crippen LogP contribution is -2.36. The van der Waals surface area contributed by atoms with E-state index in [0.29, 0.717) is 37.8 Å². The lowest BCUT2D eigenvalue weighted by molar-refractivity contribution is -0.128. The molecule has 0 unspecified atom stereocenters. The minimum absolute atomic E-state index is 0.0720. The standard InChI is InChI=1S/C17H23N5O4/c1-9-13(10(2)25-20-9)5-6-18-16(24)14-7-22(12(4)23)8-15(14)17-19-11(3)21-26-17/h14-15H,5-8H2,1-4H3,(H,18,24)/t14-,15-/m1/s1. The number of hydrogen-bond acceptors (Lipinski definition) is 7. The number of rotatable bonds is 5. The number of hydrogen-bond donors (Lipinski definition) is 1. The van der Waals surface area contributed by atoms with Gasteiger partial charge in [-0.1, -0.05) is 10.3 Å². The van der Waals surface area contributed by atoms with Gasteiger partial charge in [-0.2, -0.15) is 4.98 Å². The largest absolute Gasteiger partial charge is 0.361 e. The Kier molecular flexibility index (Phi) is 5.06. The van der Waals surface area contributed by atoms with Crippen LogP contribution in [0.2, 0.25) is 0 Å². The van der Waals surface area contributed by atoms with Crippen LogP contribution in [-0.2, 0) is 16.0 Å². The first-order valence-corrected chi connectivity index (χ1v) is 8.62. The molecule has 3 rings (SSSR count). The van der Waals surface area contributed by atoms with Gasteiger partial charge in [0.15, 0.2) is 5.82 Å². The third-order valence-electron chi connectivity index (χ3n) is 4.82. The third kappa shape index (κ3) is 3.61. The first-order valence-electron chi connectivity index (χ1n) is 8.62. The predicted octanol–water partition coefficient (Wildman–Crippen LogP) is 0.904. The van der Waals surface area contributed by atoms with Gasteiger partial charge in [0.05, 0.1) is 17.5 Å². The number of aromatic nitrogens is 3. The fourth-order valence-electron chi connectivity index (χ4n) is 3.34. The maximum atomic E-state index is 12.7. The first kappa shape index (κ1) is 18.1. The first-order chi connectivity index (χ1) is 12.4. The maximum absolute atomic E-state index is 12.7. The summed E-state index contributed by atoms with van der Waals surface area (Å²) in [6, 6.07) is 0. The second kappa shape index (κ2) is 7.27. The summed E-state index contributed by atoms with van der Waals surface area (Å²) in [7, 11) is 0. The highest BCUT2D eigenvalue weighted by Crippen LogP contribution is 2.32. The van der Waals surface area contributed by atoms with Crippen LogP contribution in [0.5, 0.6) is 0 Å². The molecule has 140 valence electrons. The molecule has 0 aromatic carbocycles. The van der Waals surface area contributed by atoms with E-state index < -0.39 is 5.92 Å². The minimum atomic E-state index is -0.414. The van der Waals surface area contributed by atoms with E-state index in [1.165, 1.54) is 6.92 Å². The summed E-state index contributed by atoms with van der Waals surface area (Å²) < 4.78 is 10.4. The molecule has 0 radical (unpaired) electrons. The molecule has 9 nitrogen and oxygen atoms in total. The van der Waals surface area contributed by atoms with Crippen molar-refractivity contribution in [3.63, 3.8) is 0 Å². The number of amides is 2. The fourth-order valence-corrected chi connectivity index (χ4v) is 3.34. The van der Waals surface area contributed by atoms with Crippen LogP contribution in [0, 0.1) is 26.7 Å². The van der Waals surface area contributed by atoms with Crippen LogP contribution in [-0.4, -0.2) is 51.6 Å². The van der Waals surface area contributed by atoms with Gasteiger partial charge in [0.1, 0.15) is 5.76 Å². The summed E-state index contributed by atoms with van der Waals surface area (Å²) in [6.07, 6.45) is 0.639. The highest BCUT2D eigenvalue weighted by Gasteiger charge is 2.42. The topological polar surface area (TPSA) is 114 Å². The molecule has 0 aliphatic carbocycles. The Hall–Kier alpha value is -2.71. The van der Waals surface area contributed by atoms with Crippen molar-refractivity contribution in [2.45, 2.75) is 40.0 Å². The highest BCUT2D eigenvalue weighted by molar-refractivity contribution is 5.82. The zero-order valence-corrected chi connectivity index (χ0v) is 15.4. The van der Waals surface area contributed by atoms with Crippen LogP contribution in [0.25, 0.3) is 0 Å². The van der Waals surface area contributed by atoms with Gasteiger partial charge in [0.25, 0.3) is 0 Å².